The number of β-lactam (4-membered cyclic amide) rings is 1. The Hall–Kier alpha value is -2.26. The molecule has 3 aliphatic heterocycles. The first-order valence-electron chi connectivity index (χ1n) is 11.4. The molecule has 0 radical (unpaired) electrons. The zero-order chi connectivity index (χ0) is 23.6. The molecule has 2 aromatic carbocycles. The van der Waals surface area contributed by atoms with Crippen molar-refractivity contribution in [2.75, 3.05) is 13.2 Å². The molecule has 3 saturated heterocycles. The van der Waals surface area contributed by atoms with Gasteiger partial charge in [0.2, 0.25) is 15.9 Å². The van der Waals surface area contributed by atoms with E-state index in [1.807, 2.05) is 88.4 Å². The van der Waals surface area contributed by atoms with Crippen molar-refractivity contribution in [3.63, 3.8) is 0 Å². The van der Waals surface area contributed by atoms with E-state index in [-0.39, 0.29) is 24.2 Å². The smallest absolute Gasteiger partial charge is 0.245 e. The molecule has 3 aliphatic rings. The third-order valence-corrected chi connectivity index (χ3v) is 8.87. The summed E-state index contributed by atoms with van der Waals surface area (Å²) in [7, 11) is -3.65. The highest BCUT2D eigenvalue weighted by atomic mass is 32.2. The fourth-order valence-corrected chi connectivity index (χ4v) is 7.45. The molecule has 7 nitrogen and oxygen atoms in total. The highest BCUT2D eigenvalue weighted by Crippen LogP contribution is 2.49. The van der Waals surface area contributed by atoms with Crippen LogP contribution in [0.3, 0.4) is 0 Å². The molecule has 0 saturated carbocycles. The van der Waals surface area contributed by atoms with Crippen molar-refractivity contribution in [3.05, 3.63) is 71.8 Å². The van der Waals surface area contributed by atoms with E-state index >= 15 is 0 Å². The summed E-state index contributed by atoms with van der Waals surface area (Å²) in [4.78, 5) is 17.4. The summed E-state index contributed by atoms with van der Waals surface area (Å²) >= 11 is 0. The van der Waals surface area contributed by atoms with Crippen molar-refractivity contribution in [1.82, 2.24) is 14.1 Å². The van der Waals surface area contributed by atoms with E-state index in [0.717, 1.165) is 11.1 Å². The van der Waals surface area contributed by atoms with Crippen LogP contribution in [0.5, 0.6) is 0 Å². The van der Waals surface area contributed by atoms with Gasteiger partial charge in [0, 0.05) is 6.54 Å². The van der Waals surface area contributed by atoms with Gasteiger partial charge in [0.25, 0.3) is 0 Å². The number of carbonyl (C=O) groups is 1. The van der Waals surface area contributed by atoms with Crippen molar-refractivity contribution in [2.24, 2.45) is 0 Å². The number of rotatable bonds is 5. The van der Waals surface area contributed by atoms with Gasteiger partial charge in [-0.1, -0.05) is 60.7 Å². The minimum absolute atomic E-state index is 0.0399. The second kappa shape index (κ2) is 7.63. The third kappa shape index (κ3) is 3.60. The Morgan fingerprint density at radius 2 is 1.58 bits per heavy atom. The maximum absolute atomic E-state index is 13.6. The predicted molar refractivity (Wildman–Crippen MR) is 125 cm³/mol. The monoisotopic (exact) mass is 469 g/mol. The quantitative estimate of drug-likeness (QED) is 0.630. The minimum atomic E-state index is -3.65. The molecule has 0 aromatic heterocycles. The lowest BCUT2D eigenvalue weighted by Crippen LogP contribution is -2.76. The van der Waals surface area contributed by atoms with E-state index in [1.54, 1.807) is 9.21 Å². The van der Waals surface area contributed by atoms with Gasteiger partial charge in [-0.3, -0.25) is 9.69 Å². The molecule has 0 unspecified atom stereocenters. The van der Waals surface area contributed by atoms with Crippen molar-refractivity contribution < 1.29 is 17.9 Å². The molecule has 3 fully saturated rings. The maximum atomic E-state index is 13.6. The highest BCUT2D eigenvalue weighted by molar-refractivity contribution is 7.88. The number of amides is 1. The Bertz CT molecular complexity index is 1150. The van der Waals surface area contributed by atoms with Crippen LogP contribution in [0.25, 0.3) is 0 Å². The van der Waals surface area contributed by atoms with Gasteiger partial charge < -0.3 is 9.64 Å². The number of carbonyl (C=O) groups excluding carboxylic acids is 1. The molecule has 0 spiro atoms. The van der Waals surface area contributed by atoms with Crippen LogP contribution in [0.15, 0.2) is 60.7 Å². The molecule has 5 rings (SSSR count). The van der Waals surface area contributed by atoms with Gasteiger partial charge >= 0.3 is 0 Å². The molecule has 3 heterocycles. The van der Waals surface area contributed by atoms with Gasteiger partial charge in [-0.05, 0) is 38.8 Å². The van der Waals surface area contributed by atoms with Crippen molar-refractivity contribution >= 4 is 15.9 Å². The first-order valence-corrected chi connectivity index (χ1v) is 13.0. The van der Waals surface area contributed by atoms with Crippen LogP contribution in [0.2, 0.25) is 0 Å². The Morgan fingerprint density at radius 3 is 2.21 bits per heavy atom. The number of hydrogen-bond donors (Lipinski definition) is 0. The lowest BCUT2D eigenvalue weighted by molar-refractivity contribution is -0.182. The molecule has 0 bridgehead atoms. The fourth-order valence-electron chi connectivity index (χ4n) is 5.62. The summed E-state index contributed by atoms with van der Waals surface area (Å²) in [5, 5.41) is 0. The van der Waals surface area contributed by atoms with Gasteiger partial charge in [0.15, 0.2) is 0 Å². The van der Waals surface area contributed by atoms with Crippen LogP contribution in [0.4, 0.5) is 0 Å². The zero-order valence-electron chi connectivity index (χ0n) is 19.5. The maximum Gasteiger partial charge on any atom is 0.245 e. The second-order valence-corrected chi connectivity index (χ2v) is 12.2. The van der Waals surface area contributed by atoms with Crippen LogP contribution in [0, 0.1) is 0 Å². The Morgan fingerprint density at radius 1 is 0.970 bits per heavy atom. The minimum Gasteiger partial charge on any atom is -0.359 e. The number of benzene rings is 2. The van der Waals surface area contributed by atoms with Crippen molar-refractivity contribution in [3.8, 4) is 0 Å². The van der Waals surface area contributed by atoms with E-state index in [1.165, 1.54) is 0 Å². The zero-order valence-corrected chi connectivity index (χ0v) is 20.3. The summed E-state index contributed by atoms with van der Waals surface area (Å²) in [5.41, 5.74) is 0.525. The Balaban J connectivity index is 1.52. The summed E-state index contributed by atoms with van der Waals surface area (Å²) in [6.45, 7) is 8.51. The second-order valence-electron chi connectivity index (χ2n) is 10.3. The lowest BCUT2D eigenvalue weighted by Gasteiger charge is -2.55. The number of ether oxygens (including phenoxy) is 1. The van der Waals surface area contributed by atoms with Gasteiger partial charge in [0.1, 0.15) is 17.9 Å². The number of fused-ring (bicyclic) bond motifs is 1. The molecule has 176 valence electrons. The molecular weight excluding hydrogens is 438 g/mol. The van der Waals surface area contributed by atoms with Crippen LogP contribution in [-0.4, -0.2) is 65.1 Å². The molecule has 0 N–H and O–H groups in total. The standard InChI is InChI=1S/C25H31N3O4S/c1-24(2)17-26(33(30,31)16-18-11-7-5-8-12-18)22-21(23(29)28(22)24)27-20(15-32-25(27,3)4)19-13-9-6-10-14-19/h5-14,20-22H,15-17H2,1-4H3/t20-,21+,22-/m1/s1. The first kappa shape index (κ1) is 22.5. The topological polar surface area (TPSA) is 70.2 Å². The predicted octanol–water partition coefficient (Wildman–Crippen LogP) is 2.96. The first-order chi connectivity index (χ1) is 15.5. The highest BCUT2D eigenvalue weighted by Gasteiger charge is 2.68. The van der Waals surface area contributed by atoms with Gasteiger partial charge in [-0.2, -0.15) is 4.31 Å². The van der Waals surface area contributed by atoms with Crippen molar-refractivity contribution in [2.45, 2.75) is 63.0 Å². The molecule has 3 atom stereocenters. The molecule has 8 heteroatoms. The Kier molecular flexibility index (Phi) is 5.21. The largest absolute Gasteiger partial charge is 0.359 e. The lowest BCUT2D eigenvalue weighted by atomic mass is 9.92. The van der Waals surface area contributed by atoms with E-state index in [2.05, 4.69) is 4.90 Å². The molecular formula is C25H31N3O4S. The normalized spacial score (nSPS) is 29.2. The van der Waals surface area contributed by atoms with Gasteiger partial charge in [-0.25, -0.2) is 8.42 Å². The summed E-state index contributed by atoms with van der Waals surface area (Å²) in [5.74, 6) is -0.126. The van der Waals surface area contributed by atoms with E-state index in [9.17, 15) is 13.2 Å². The van der Waals surface area contributed by atoms with E-state index in [0.29, 0.717) is 6.61 Å². The number of nitrogens with zero attached hydrogens (tertiary/aromatic N) is 3. The SMILES string of the molecule is CC1(C)CN(S(=O)(=O)Cc2ccccc2)[C@H]2[C@H](N3[C@@H](c4ccccc4)COC3(C)C)C(=O)N21. The molecule has 0 aliphatic carbocycles. The van der Waals surface area contributed by atoms with E-state index < -0.39 is 33.5 Å². The van der Waals surface area contributed by atoms with Gasteiger partial charge in [-0.15, -0.1) is 0 Å². The van der Waals surface area contributed by atoms with Gasteiger partial charge in [0.05, 0.1) is 23.9 Å². The Labute approximate surface area is 196 Å². The van der Waals surface area contributed by atoms with Crippen LogP contribution in [0.1, 0.15) is 44.9 Å². The van der Waals surface area contributed by atoms with Crippen LogP contribution < -0.4 is 0 Å². The summed E-state index contributed by atoms with van der Waals surface area (Å²) in [6.07, 6.45) is -0.548. The molecule has 33 heavy (non-hydrogen) atoms. The summed E-state index contributed by atoms with van der Waals surface area (Å²) in [6, 6.07) is 18.5. The average Bonchev–Trinajstić information content (AvgIpc) is 3.20. The third-order valence-electron chi connectivity index (χ3n) is 7.11. The number of hydrogen-bond acceptors (Lipinski definition) is 5. The number of sulfonamides is 1. The van der Waals surface area contributed by atoms with E-state index in [4.69, 9.17) is 4.74 Å². The van der Waals surface area contributed by atoms with Crippen LogP contribution in [-0.2, 0) is 25.3 Å². The molecule has 2 aromatic rings. The molecule has 1 amide bonds. The van der Waals surface area contributed by atoms with Crippen LogP contribution >= 0.6 is 0 Å². The summed E-state index contributed by atoms with van der Waals surface area (Å²) < 4.78 is 34.9. The fraction of sp³-hybridized carbons (Fsp3) is 0.480. The average molecular weight is 470 g/mol. The van der Waals surface area contributed by atoms with Crippen molar-refractivity contribution in [1.29, 1.82) is 0 Å².